The van der Waals surface area contributed by atoms with Gasteiger partial charge in [0.1, 0.15) is 17.4 Å². The van der Waals surface area contributed by atoms with Crippen molar-refractivity contribution in [3.63, 3.8) is 0 Å². The Hall–Kier alpha value is -2.35. The van der Waals surface area contributed by atoms with Crippen LogP contribution in [0.15, 0.2) is 27.5 Å². The summed E-state index contributed by atoms with van der Waals surface area (Å²) < 4.78 is 1.89. The molecular weight excluding hydrogens is 356 g/mol. The minimum atomic E-state index is -1.24. The number of aromatic hydroxyl groups is 1. The number of rotatable bonds is 3. The van der Waals surface area contributed by atoms with Gasteiger partial charge < -0.3 is 20.1 Å². The first-order chi connectivity index (χ1) is 10.2. The van der Waals surface area contributed by atoms with Crippen LogP contribution in [0.2, 0.25) is 0 Å². The highest BCUT2D eigenvalue weighted by Gasteiger charge is 2.24. The van der Waals surface area contributed by atoms with E-state index in [2.05, 4.69) is 21.2 Å². The van der Waals surface area contributed by atoms with Gasteiger partial charge in [-0.3, -0.25) is 14.4 Å². The number of carbonyl (C=O) groups excluding carboxylic acids is 1. The molecule has 0 radical (unpaired) electrons. The zero-order chi connectivity index (χ0) is 16.6. The van der Waals surface area contributed by atoms with E-state index in [1.165, 1.54) is 18.5 Å². The minimum absolute atomic E-state index is 0.310. The average molecular weight is 369 g/mol. The van der Waals surface area contributed by atoms with E-state index in [9.17, 15) is 19.5 Å². The van der Waals surface area contributed by atoms with Crippen LogP contribution in [0, 0.1) is 0 Å². The summed E-state index contributed by atoms with van der Waals surface area (Å²) in [6, 6.07) is 3.71. The van der Waals surface area contributed by atoms with Gasteiger partial charge in [0, 0.05) is 16.9 Å². The largest absolute Gasteiger partial charge is 0.506 e. The molecule has 0 aliphatic carbocycles. The van der Waals surface area contributed by atoms with E-state index in [0.717, 1.165) is 0 Å². The predicted molar refractivity (Wildman–Crippen MR) is 83.1 cm³/mol. The highest BCUT2D eigenvalue weighted by molar-refractivity contribution is 9.10. The van der Waals surface area contributed by atoms with Crippen LogP contribution in [-0.4, -0.2) is 32.7 Å². The smallest absolute Gasteiger partial charge is 0.325 e. The van der Waals surface area contributed by atoms with Gasteiger partial charge in [-0.25, -0.2) is 0 Å². The Morgan fingerprint density at radius 3 is 2.59 bits per heavy atom. The standard InChI is InChI=1S/C14H13BrN2O5/c1-6(14(21)22)16-12(19)10-11(18)8-5-7(15)3-4-9(8)17(2)13(10)20/h3-6,18H,1-2H3,(H,16,19)(H,21,22)/t6-/m0/s1. The van der Waals surface area contributed by atoms with E-state index in [1.807, 2.05) is 0 Å². The lowest BCUT2D eigenvalue weighted by Crippen LogP contribution is -2.41. The molecule has 8 heteroatoms. The van der Waals surface area contributed by atoms with Gasteiger partial charge in [-0.1, -0.05) is 15.9 Å². The van der Waals surface area contributed by atoms with E-state index >= 15 is 0 Å². The SMILES string of the molecule is C[C@H](NC(=O)c1c(O)c2cc(Br)ccc2n(C)c1=O)C(=O)O. The molecule has 0 aliphatic heterocycles. The Kier molecular flexibility index (Phi) is 4.23. The van der Waals surface area contributed by atoms with Crippen molar-refractivity contribution in [1.29, 1.82) is 0 Å². The summed E-state index contributed by atoms with van der Waals surface area (Å²) in [7, 11) is 1.47. The number of amides is 1. The number of aryl methyl sites for hydroxylation is 1. The highest BCUT2D eigenvalue weighted by atomic mass is 79.9. The van der Waals surface area contributed by atoms with Crippen molar-refractivity contribution in [1.82, 2.24) is 9.88 Å². The van der Waals surface area contributed by atoms with Crippen LogP contribution in [0.3, 0.4) is 0 Å². The molecule has 0 unspecified atom stereocenters. The second-order valence-corrected chi connectivity index (χ2v) is 5.70. The van der Waals surface area contributed by atoms with Crippen molar-refractivity contribution in [2.45, 2.75) is 13.0 Å². The number of nitrogens with one attached hydrogen (secondary N) is 1. The Labute approximate surface area is 133 Å². The van der Waals surface area contributed by atoms with Crippen molar-refractivity contribution in [3.8, 4) is 5.75 Å². The van der Waals surface area contributed by atoms with E-state index in [4.69, 9.17) is 5.11 Å². The third-order valence-corrected chi connectivity index (χ3v) is 3.77. The van der Waals surface area contributed by atoms with Crippen molar-refractivity contribution < 1.29 is 19.8 Å². The zero-order valence-electron chi connectivity index (χ0n) is 11.8. The lowest BCUT2D eigenvalue weighted by Gasteiger charge is -2.13. The van der Waals surface area contributed by atoms with Gasteiger partial charge in [0.25, 0.3) is 11.5 Å². The molecule has 1 amide bonds. The monoisotopic (exact) mass is 368 g/mol. The number of aliphatic carboxylic acids is 1. The number of carbonyl (C=O) groups is 2. The van der Waals surface area contributed by atoms with Crippen LogP contribution >= 0.6 is 15.9 Å². The summed E-state index contributed by atoms with van der Waals surface area (Å²) in [6.45, 7) is 1.26. The first-order valence-electron chi connectivity index (χ1n) is 6.29. The van der Waals surface area contributed by atoms with Crippen molar-refractivity contribution >= 4 is 38.7 Å². The molecule has 0 saturated heterocycles. The second-order valence-electron chi connectivity index (χ2n) is 4.78. The number of benzene rings is 1. The van der Waals surface area contributed by atoms with Gasteiger partial charge in [0.05, 0.1) is 5.52 Å². The molecule has 2 aromatic rings. The van der Waals surface area contributed by atoms with Crippen molar-refractivity contribution in [3.05, 3.63) is 38.6 Å². The second kappa shape index (κ2) is 5.80. The summed E-state index contributed by atoms with van der Waals surface area (Å²) in [5, 5.41) is 21.5. The number of halogens is 1. The number of hydrogen-bond donors (Lipinski definition) is 3. The number of pyridine rings is 1. The number of hydrogen-bond acceptors (Lipinski definition) is 4. The maximum atomic E-state index is 12.3. The lowest BCUT2D eigenvalue weighted by atomic mass is 10.1. The van der Waals surface area contributed by atoms with Gasteiger partial charge in [-0.2, -0.15) is 0 Å². The fourth-order valence-corrected chi connectivity index (χ4v) is 2.40. The normalized spacial score (nSPS) is 12.1. The van der Waals surface area contributed by atoms with Gasteiger partial charge >= 0.3 is 5.97 Å². The average Bonchev–Trinajstić information content (AvgIpc) is 2.44. The van der Waals surface area contributed by atoms with Crippen molar-refractivity contribution in [2.75, 3.05) is 0 Å². The fourth-order valence-electron chi connectivity index (χ4n) is 2.04. The first kappa shape index (κ1) is 16.0. The van der Waals surface area contributed by atoms with E-state index < -0.39 is 34.8 Å². The third-order valence-electron chi connectivity index (χ3n) is 3.28. The molecule has 0 spiro atoms. The molecule has 0 aliphatic rings. The molecule has 7 nitrogen and oxygen atoms in total. The highest BCUT2D eigenvalue weighted by Crippen LogP contribution is 2.28. The molecule has 2 rings (SSSR count). The summed E-state index contributed by atoms with van der Waals surface area (Å²) in [5.41, 5.74) is -0.739. The molecule has 1 atom stereocenters. The molecule has 1 aromatic carbocycles. The van der Waals surface area contributed by atoms with Gasteiger partial charge in [0.2, 0.25) is 0 Å². The number of carboxylic acids is 1. The number of nitrogens with zero attached hydrogens (tertiary/aromatic N) is 1. The van der Waals surface area contributed by atoms with E-state index in [-0.39, 0.29) is 0 Å². The Morgan fingerprint density at radius 1 is 1.36 bits per heavy atom. The first-order valence-corrected chi connectivity index (χ1v) is 7.08. The third kappa shape index (κ3) is 2.69. The quantitative estimate of drug-likeness (QED) is 0.754. The number of carboxylic acid groups (broad SMARTS) is 1. The Bertz CT molecular complexity index is 843. The van der Waals surface area contributed by atoms with Crippen LogP contribution in [0.25, 0.3) is 10.9 Å². The van der Waals surface area contributed by atoms with Crippen LogP contribution in [0.5, 0.6) is 5.75 Å². The van der Waals surface area contributed by atoms with Crippen LogP contribution in [-0.2, 0) is 11.8 Å². The minimum Gasteiger partial charge on any atom is -0.506 e. The topological polar surface area (TPSA) is 109 Å². The molecule has 116 valence electrons. The molecule has 0 saturated carbocycles. The van der Waals surface area contributed by atoms with Crippen LogP contribution in [0.4, 0.5) is 0 Å². The summed E-state index contributed by atoms with van der Waals surface area (Å²) in [5.74, 6) is -2.66. The summed E-state index contributed by atoms with van der Waals surface area (Å²) >= 11 is 3.25. The van der Waals surface area contributed by atoms with Crippen LogP contribution in [0.1, 0.15) is 17.3 Å². The number of fused-ring (bicyclic) bond motifs is 1. The maximum absolute atomic E-state index is 12.3. The Balaban J connectivity index is 2.66. The fraction of sp³-hybridized carbons (Fsp3) is 0.214. The molecule has 3 N–H and O–H groups in total. The Morgan fingerprint density at radius 2 is 2.00 bits per heavy atom. The lowest BCUT2D eigenvalue weighted by molar-refractivity contribution is -0.138. The number of aromatic nitrogens is 1. The van der Waals surface area contributed by atoms with E-state index in [1.54, 1.807) is 18.2 Å². The predicted octanol–water partition coefficient (Wildman–Crippen LogP) is 1.21. The van der Waals surface area contributed by atoms with Gasteiger partial charge in [-0.05, 0) is 25.1 Å². The van der Waals surface area contributed by atoms with Gasteiger partial charge in [0.15, 0.2) is 0 Å². The molecular formula is C14H13BrN2O5. The molecule has 0 fully saturated rings. The maximum Gasteiger partial charge on any atom is 0.325 e. The van der Waals surface area contributed by atoms with Crippen LogP contribution < -0.4 is 10.9 Å². The van der Waals surface area contributed by atoms with Gasteiger partial charge in [-0.15, -0.1) is 0 Å². The molecule has 1 aromatic heterocycles. The zero-order valence-corrected chi connectivity index (χ0v) is 13.3. The van der Waals surface area contributed by atoms with E-state index in [0.29, 0.717) is 15.4 Å². The molecule has 1 heterocycles. The van der Waals surface area contributed by atoms with Crippen molar-refractivity contribution in [2.24, 2.45) is 7.05 Å². The molecule has 0 bridgehead atoms. The molecule has 22 heavy (non-hydrogen) atoms. The summed E-state index contributed by atoms with van der Waals surface area (Å²) in [4.78, 5) is 35.2. The summed E-state index contributed by atoms with van der Waals surface area (Å²) in [6.07, 6.45) is 0.